The molecule has 1 atom stereocenters. The van der Waals surface area contributed by atoms with Gasteiger partial charge in [-0.2, -0.15) is 0 Å². The van der Waals surface area contributed by atoms with Gasteiger partial charge in [0.1, 0.15) is 5.82 Å². The first-order chi connectivity index (χ1) is 8.56. The van der Waals surface area contributed by atoms with Gasteiger partial charge < -0.3 is 15.7 Å². The van der Waals surface area contributed by atoms with Gasteiger partial charge in [-0.25, -0.2) is 9.78 Å². The highest BCUT2D eigenvalue weighted by molar-refractivity contribution is 6.33. The number of amides is 1. The number of anilines is 1. The molecule has 2 heterocycles. The van der Waals surface area contributed by atoms with Crippen LogP contribution in [0.1, 0.15) is 23.2 Å². The van der Waals surface area contributed by atoms with Crippen molar-refractivity contribution in [3.8, 4) is 0 Å². The zero-order chi connectivity index (χ0) is 13.1. The maximum Gasteiger partial charge on any atom is 0.337 e. The number of piperidine rings is 1. The summed E-state index contributed by atoms with van der Waals surface area (Å²) in [7, 11) is 0. The number of hydrogen-bond acceptors (Lipinski definition) is 4. The Bertz CT molecular complexity index is 482. The molecule has 0 aliphatic carbocycles. The molecular formula is C11H12ClN3O3. The molecule has 0 saturated carbocycles. The lowest BCUT2D eigenvalue weighted by atomic mass is 10.1. The van der Waals surface area contributed by atoms with Gasteiger partial charge in [-0.05, 0) is 12.5 Å². The normalized spacial score (nSPS) is 19.2. The number of hydrogen-bond donors (Lipinski definition) is 3. The minimum atomic E-state index is -1.07. The number of aromatic nitrogens is 1. The van der Waals surface area contributed by atoms with Gasteiger partial charge in [0.25, 0.3) is 0 Å². The van der Waals surface area contributed by atoms with Crippen LogP contribution < -0.4 is 10.6 Å². The molecule has 0 radical (unpaired) electrons. The molecule has 0 aromatic carbocycles. The van der Waals surface area contributed by atoms with Crippen molar-refractivity contribution in [2.45, 2.75) is 18.9 Å². The second-order valence-electron chi connectivity index (χ2n) is 4.04. The van der Waals surface area contributed by atoms with Gasteiger partial charge in [0.2, 0.25) is 5.91 Å². The monoisotopic (exact) mass is 269 g/mol. The third-order valence-corrected chi connectivity index (χ3v) is 2.98. The number of pyridine rings is 1. The van der Waals surface area contributed by atoms with Gasteiger partial charge in [-0.3, -0.25) is 4.79 Å². The summed E-state index contributed by atoms with van der Waals surface area (Å²) in [6.07, 6.45) is 2.41. The summed E-state index contributed by atoms with van der Waals surface area (Å²) in [5.41, 5.74) is 0.0440. The molecule has 18 heavy (non-hydrogen) atoms. The molecule has 2 rings (SSSR count). The molecule has 3 N–H and O–H groups in total. The van der Waals surface area contributed by atoms with Gasteiger partial charge in [-0.15, -0.1) is 0 Å². The van der Waals surface area contributed by atoms with Gasteiger partial charge in [0.05, 0.1) is 10.6 Å². The third kappa shape index (κ3) is 2.89. The topological polar surface area (TPSA) is 91.3 Å². The van der Waals surface area contributed by atoms with Crippen LogP contribution in [0.5, 0.6) is 0 Å². The third-order valence-electron chi connectivity index (χ3n) is 2.69. The van der Waals surface area contributed by atoms with Crippen molar-refractivity contribution >= 4 is 29.3 Å². The maximum absolute atomic E-state index is 11.0. The quantitative estimate of drug-likeness (QED) is 0.765. The Morgan fingerprint density at radius 1 is 1.61 bits per heavy atom. The molecular weight excluding hydrogens is 258 g/mol. The lowest BCUT2D eigenvalue weighted by Crippen LogP contribution is -2.42. The molecule has 1 amide bonds. The predicted octanol–water partition coefficient (Wildman–Crippen LogP) is 1.12. The number of nitrogens with one attached hydrogen (secondary N) is 2. The first-order valence-electron chi connectivity index (χ1n) is 5.48. The summed E-state index contributed by atoms with van der Waals surface area (Å²) >= 11 is 5.95. The molecule has 96 valence electrons. The molecule has 7 heteroatoms. The second kappa shape index (κ2) is 5.22. The molecule has 6 nitrogen and oxygen atoms in total. The van der Waals surface area contributed by atoms with E-state index in [1.54, 1.807) is 0 Å². The van der Waals surface area contributed by atoms with Gasteiger partial charge in [0, 0.05) is 25.2 Å². The van der Waals surface area contributed by atoms with Gasteiger partial charge >= 0.3 is 5.97 Å². The number of halogens is 1. The molecule has 1 fully saturated rings. The summed E-state index contributed by atoms with van der Waals surface area (Å²) in [5, 5.41) is 14.9. The van der Waals surface area contributed by atoms with E-state index in [2.05, 4.69) is 15.6 Å². The van der Waals surface area contributed by atoms with Gasteiger partial charge in [0.15, 0.2) is 0 Å². The Morgan fingerprint density at radius 3 is 2.94 bits per heavy atom. The van der Waals surface area contributed by atoms with Crippen molar-refractivity contribution in [2.75, 3.05) is 11.9 Å². The van der Waals surface area contributed by atoms with Crippen LogP contribution in [-0.2, 0) is 4.79 Å². The molecule has 1 aromatic rings. The zero-order valence-electron chi connectivity index (χ0n) is 9.44. The summed E-state index contributed by atoms with van der Waals surface area (Å²) in [4.78, 5) is 25.7. The van der Waals surface area contributed by atoms with Crippen LogP contribution >= 0.6 is 11.6 Å². The van der Waals surface area contributed by atoms with Crippen molar-refractivity contribution in [3.63, 3.8) is 0 Å². The van der Waals surface area contributed by atoms with Crippen molar-refractivity contribution < 1.29 is 14.7 Å². The Hall–Kier alpha value is -1.82. The number of nitrogens with zero attached hydrogens (tertiary/aromatic N) is 1. The van der Waals surface area contributed by atoms with Crippen molar-refractivity contribution in [2.24, 2.45) is 0 Å². The van der Waals surface area contributed by atoms with Crippen LogP contribution in [0.15, 0.2) is 12.3 Å². The van der Waals surface area contributed by atoms with Crippen LogP contribution in [-0.4, -0.2) is 34.6 Å². The Kier molecular flexibility index (Phi) is 3.66. The molecule has 1 aliphatic rings. The smallest absolute Gasteiger partial charge is 0.337 e. The maximum atomic E-state index is 11.0. The number of carbonyl (C=O) groups excluding carboxylic acids is 1. The van der Waals surface area contributed by atoms with E-state index in [0.29, 0.717) is 25.2 Å². The van der Waals surface area contributed by atoms with Crippen molar-refractivity contribution in [1.82, 2.24) is 10.3 Å². The molecule has 1 aliphatic heterocycles. The molecule has 0 spiro atoms. The predicted molar refractivity (Wildman–Crippen MR) is 65.9 cm³/mol. The highest BCUT2D eigenvalue weighted by Crippen LogP contribution is 2.22. The minimum Gasteiger partial charge on any atom is -0.478 e. The largest absolute Gasteiger partial charge is 0.478 e. The first-order valence-corrected chi connectivity index (χ1v) is 5.86. The van der Waals surface area contributed by atoms with E-state index in [4.69, 9.17) is 16.7 Å². The Labute approximate surface area is 108 Å². The van der Waals surface area contributed by atoms with E-state index >= 15 is 0 Å². The van der Waals surface area contributed by atoms with E-state index in [1.165, 1.54) is 12.3 Å². The zero-order valence-corrected chi connectivity index (χ0v) is 10.2. The average molecular weight is 270 g/mol. The first kappa shape index (κ1) is 12.6. The standard InChI is InChI=1S/C11H12ClN3O3/c12-8-3-6(11(17)18)4-14-10(8)15-7-1-2-9(16)13-5-7/h3-4,7H,1-2,5H2,(H,13,16)(H,14,15)(H,17,18). The van der Waals surface area contributed by atoms with Crippen LogP contribution in [0.25, 0.3) is 0 Å². The van der Waals surface area contributed by atoms with Crippen molar-refractivity contribution in [1.29, 1.82) is 0 Å². The van der Waals surface area contributed by atoms with E-state index < -0.39 is 5.97 Å². The summed E-state index contributed by atoms with van der Waals surface area (Å²) in [6.45, 7) is 0.511. The Morgan fingerprint density at radius 2 is 2.39 bits per heavy atom. The van der Waals surface area contributed by atoms with Crippen LogP contribution in [0.2, 0.25) is 5.02 Å². The highest BCUT2D eigenvalue weighted by atomic mass is 35.5. The minimum absolute atomic E-state index is 0.0355. The number of carbonyl (C=O) groups is 2. The highest BCUT2D eigenvalue weighted by Gasteiger charge is 2.19. The lowest BCUT2D eigenvalue weighted by molar-refractivity contribution is -0.122. The van der Waals surface area contributed by atoms with E-state index in [0.717, 1.165) is 0 Å². The molecule has 1 aromatic heterocycles. The summed E-state index contributed by atoms with van der Waals surface area (Å²) in [5.74, 6) is -0.600. The summed E-state index contributed by atoms with van der Waals surface area (Å²) < 4.78 is 0. The molecule has 1 saturated heterocycles. The van der Waals surface area contributed by atoms with E-state index in [-0.39, 0.29) is 22.5 Å². The lowest BCUT2D eigenvalue weighted by Gasteiger charge is -2.24. The number of aromatic carboxylic acids is 1. The van der Waals surface area contributed by atoms with Crippen LogP contribution in [0, 0.1) is 0 Å². The average Bonchev–Trinajstić information content (AvgIpc) is 2.34. The number of carboxylic acids is 1. The second-order valence-corrected chi connectivity index (χ2v) is 4.45. The number of carboxylic acid groups (broad SMARTS) is 1. The van der Waals surface area contributed by atoms with E-state index in [1.807, 2.05) is 0 Å². The van der Waals surface area contributed by atoms with Crippen LogP contribution in [0.4, 0.5) is 5.82 Å². The fourth-order valence-electron chi connectivity index (χ4n) is 1.71. The SMILES string of the molecule is O=C1CCC(Nc2ncc(C(=O)O)cc2Cl)CN1. The van der Waals surface area contributed by atoms with Gasteiger partial charge in [-0.1, -0.05) is 11.6 Å². The fraction of sp³-hybridized carbons (Fsp3) is 0.364. The van der Waals surface area contributed by atoms with E-state index in [9.17, 15) is 9.59 Å². The van der Waals surface area contributed by atoms with Crippen LogP contribution in [0.3, 0.4) is 0 Å². The Balaban J connectivity index is 2.05. The fourth-order valence-corrected chi connectivity index (χ4v) is 1.93. The number of rotatable bonds is 3. The van der Waals surface area contributed by atoms with Crippen molar-refractivity contribution in [3.05, 3.63) is 22.8 Å². The molecule has 0 bridgehead atoms. The summed E-state index contributed by atoms with van der Waals surface area (Å²) in [6, 6.07) is 1.41. The molecule has 1 unspecified atom stereocenters.